The van der Waals surface area contributed by atoms with Crippen LogP contribution < -0.4 is 9.47 Å². The van der Waals surface area contributed by atoms with E-state index in [0.29, 0.717) is 33.9 Å². The second kappa shape index (κ2) is 7.08. The van der Waals surface area contributed by atoms with E-state index in [1.54, 1.807) is 74.9 Å². The summed E-state index contributed by atoms with van der Waals surface area (Å²) in [5.41, 5.74) is 4.00. The molecule has 4 rings (SSSR count). The Kier molecular flexibility index (Phi) is 4.45. The fourth-order valence-electron chi connectivity index (χ4n) is 3.06. The Morgan fingerprint density at radius 3 is 1.25 bits per heavy atom. The van der Waals surface area contributed by atoms with Gasteiger partial charge in [0.1, 0.15) is 34.0 Å². The minimum Gasteiger partial charge on any atom is -0.508 e. The summed E-state index contributed by atoms with van der Waals surface area (Å²) in [4.78, 5) is 9.68. The summed E-state index contributed by atoms with van der Waals surface area (Å²) in [6.45, 7) is 0. The van der Waals surface area contributed by atoms with Gasteiger partial charge in [0, 0.05) is 11.1 Å². The molecule has 0 amide bonds. The zero-order chi connectivity index (χ0) is 19.7. The molecule has 0 saturated carbocycles. The summed E-state index contributed by atoms with van der Waals surface area (Å²) in [7, 11) is 3.16. The molecule has 3 aromatic carbocycles. The number of methoxy groups -OCH3 is 2. The number of aromatic nitrogens is 2. The number of fused-ring (bicyclic) bond motifs is 1. The highest BCUT2D eigenvalue weighted by Crippen LogP contribution is 2.37. The van der Waals surface area contributed by atoms with Crippen molar-refractivity contribution in [2.75, 3.05) is 14.2 Å². The number of aromatic hydroxyl groups is 2. The molecule has 0 unspecified atom stereocenters. The van der Waals surface area contributed by atoms with Crippen LogP contribution in [0.4, 0.5) is 0 Å². The molecule has 0 aliphatic rings. The summed E-state index contributed by atoms with van der Waals surface area (Å²) in [5.74, 6) is 1.51. The van der Waals surface area contributed by atoms with Crippen molar-refractivity contribution in [2.24, 2.45) is 0 Å². The van der Waals surface area contributed by atoms with Crippen LogP contribution in [0.15, 0.2) is 60.7 Å². The lowest BCUT2D eigenvalue weighted by atomic mass is 10.0. The lowest BCUT2D eigenvalue weighted by Crippen LogP contribution is -1.99. The van der Waals surface area contributed by atoms with Gasteiger partial charge in [0.05, 0.1) is 25.6 Å². The van der Waals surface area contributed by atoms with Crippen molar-refractivity contribution in [1.29, 1.82) is 0 Å². The van der Waals surface area contributed by atoms with Gasteiger partial charge in [-0.25, -0.2) is 9.97 Å². The Morgan fingerprint density at radius 1 is 0.571 bits per heavy atom. The average molecular weight is 374 g/mol. The molecule has 0 saturated heterocycles. The number of hydrogen-bond acceptors (Lipinski definition) is 6. The molecule has 2 N–H and O–H groups in total. The van der Waals surface area contributed by atoms with Crippen molar-refractivity contribution in [3.05, 3.63) is 60.7 Å². The Bertz CT molecular complexity index is 1050. The lowest BCUT2D eigenvalue weighted by Gasteiger charge is -2.14. The quantitative estimate of drug-likeness (QED) is 0.551. The van der Waals surface area contributed by atoms with Gasteiger partial charge in [-0.15, -0.1) is 0 Å². The smallest absolute Gasteiger partial charge is 0.147 e. The topological polar surface area (TPSA) is 84.7 Å². The zero-order valence-corrected chi connectivity index (χ0v) is 15.4. The molecule has 4 aromatic rings. The van der Waals surface area contributed by atoms with Crippen LogP contribution in [0.25, 0.3) is 33.5 Å². The number of nitrogens with zero attached hydrogens (tertiary/aromatic N) is 2. The minimum atomic E-state index is 0.169. The van der Waals surface area contributed by atoms with E-state index < -0.39 is 0 Å². The monoisotopic (exact) mass is 374 g/mol. The van der Waals surface area contributed by atoms with Gasteiger partial charge in [0.15, 0.2) is 0 Å². The number of benzene rings is 3. The number of hydrogen-bond donors (Lipinski definition) is 2. The van der Waals surface area contributed by atoms with Crippen LogP contribution in [0.2, 0.25) is 0 Å². The van der Waals surface area contributed by atoms with E-state index in [1.165, 1.54) is 0 Å². The van der Waals surface area contributed by atoms with E-state index >= 15 is 0 Å². The van der Waals surface area contributed by atoms with Crippen molar-refractivity contribution < 1.29 is 19.7 Å². The normalized spacial score (nSPS) is 10.8. The molecule has 140 valence electrons. The van der Waals surface area contributed by atoms with Gasteiger partial charge in [-0.3, -0.25) is 0 Å². The maximum atomic E-state index is 9.64. The van der Waals surface area contributed by atoms with E-state index in [1.807, 2.05) is 0 Å². The Hall–Kier alpha value is -3.80. The van der Waals surface area contributed by atoms with Gasteiger partial charge < -0.3 is 19.7 Å². The summed E-state index contributed by atoms with van der Waals surface area (Å²) in [5, 5.41) is 19.3. The number of ether oxygens (including phenoxy) is 2. The summed E-state index contributed by atoms with van der Waals surface area (Å²) >= 11 is 0. The molecule has 1 heterocycles. The third-order valence-electron chi connectivity index (χ3n) is 4.47. The third kappa shape index (κ3) is 3.05. The predicted octanol–water partition coefficient (Wildman–Crippen LogP) is 4.39. The first kappa shape index (κ1) is 17.6. The highest BCUT2D eigenvalue weighted by molar-refractivity contribution is 5.92. The van der Waals surface area contributed by atoms with Crippen LogP contribution in [0.1, 0.15) is 0 Å². The molecule has 6 heteroatoms. The van der Waals surface area contributed by atoms with E-state index in [0.717, 1.165) is 11.1 Å². The molecule has 0 bridgehead atoms. The lowest BCUT2D eigenvalue weighted by molar-refractivity contribution is 0.409. The molecular formula is C22H18N2O4. The second-order valence-electron chi connectivity index (χ2n) is 6.18. The van der Waals surface area contributed by atoms with Crippen LogP contribution in [0.5, 0.6) is 23.0 Å². The highest BCUT2D eigenvalue weighted by atomic mass is 16.5. The molecule has 1 aromatic heterocycles. The van der Waals surface area contributed by atoms with Crippen LogP contribution in [0, 0.1) is 0 Å². The highest BCUT2D eigenvalue weighted by Gasteiger charge is 2.18. The van der Waals surface area contributed by atoms with E-state index in [9.17, 15) is 10.2 Å². The van der Waals surface area contributed by atoms with Crippen molar-refractivity contribution >= 4 is 11.0 Å². The SMILES string of the molecule is COc1ccc(OC)c2nc(-c3ccc(O)cc3)c(-c3ccc(O)cc3)nc12. The molecule has 28 heavy (non-hydrogen) atoms. The molecule has 0 radical (unpaired) electrons. The van der Waals surface area contributed by atoms with E-state index in [4.69, 9.17) is 19.4 Å². The molecule has 0 spiro atoms. The predicted molar refractivity (Wildman–Crippen MR) is 107 cm³/mol. The fourth-order valence-corrected chi connectivity index (χ4v) is 3.06. The molecule has 0 fully saturated rings. The zero-order valence-electron chi connectivity index (χ0n) is 15.4. The first-order valence-electron chi connectivity index (χ1n) is 8.62. The molecule has 0 aliphatic heterocycles. The molecular weight excluding hydrogens is 356 g/mol. The maximum Gasteiger partial charge on any atom is 0.147 e. The van der Waals surface area contributed by atoms with Gasteiger partial charge >= 0.3 is 0 Å². The van der Waals surface area contributed by atoms with Crippen molar-refractivity contribution in [3.8, 4) is 45.5 Å². The van der Waals surface area contributed by atoms with Gasteiger partial charge in [-0.1, -0.05) is 0 Å². The Balaban J connectivity index is 2.07. The number of phenols is 2. The van der Waals surface area contributed by atoms with Gasteiger partial charge in [0.2, 0.25) is 0 Å². The second-order valence-corrected chi connectivity index (χ2v) is 6.18. The summed E-state index contributed by atoms with van der Waals surface area (Å²) < 4.78 is 10.9. The van der Waals surface area contributed by atoms with E-state index in [2.05, 4.69) is 0 Å². The molecule has 6 nitrogen and oxygen atoms in total. The van der Waals surface area contributed by atoms with Gasteiger partial charge in [0.25, 0.3) is 0 Å². The van der Waals surface area contributed by atoms with Crippen molar-refractivity contribution in [1.82, 2.24) is 9.97 Å². The minimum absolute atomic E-state index is 0.169. The molecule has 0 atom stereocenters. The van der Waals surface area contributed by atoms with Crippen LogP contribution in [-0.4, -0.2) is 34.4 Å². The van der Waals surface area contributed by atoms with E-state index in [-0.39, 0.29) is 11.5 Å². The van der Waals surface area contributed by atoms with Crippen molar-refractivity contribution in [3.63, 3.8) is 0 Å². The number of rotatable bonds is 4. The first-order chi connectivity index (χ1) is 13.6. The Morgan fingerprint density at radius 2 is 0.929 bits per heavy atom. The third-order valence-corrected chi connectivity index (χ3v) is 4.47. The summed E-state index contributed by atoms with van der Waals surface area (Å²) in [6, 6.07) is 17.1. The number of phenolic OH excluding ortho intramolecular Hbond substituents is 2. The van der Waals surface area contributed by atoms with Crippen molar-refractivity contribution in [2.45, 2.75) is 0 Å². The van der Waals surface area contributed by atoms with Crippen LogP contribution in [-0.2, 0) is 0 Å². The average Bonchev–Trinajstić information content (AvgIpc) is 2.73. The summed E-state index contributed by atoms with van der Waals surface area (Å²) in [6.07, 6.45) is 0. The fraction of sp³-hybridized carbons (Fsp3) is 0.0909. The maximum absolute atomic E-state index is 9.64. The van der Waals surface area contributed by atoms with Gasteiger partial charge in [-0.05, 0) is 60.7 Å². The van der Waals surface area contributed by atoms with Crippen LogP contribution >= 0.6 is 0 Å². The standard InChI is InChI=1S/C22H18N2O4/c1-27-17-11-12-18(28-2)22-21(17)23-19(13-3-7-15(25)8-4-13)20(24-22)14-5-9-16(26)10-6-14/h3-12,25-26H,1-2H3. The van der Waals surface area contributed by atoms with Crippen LogP contribution in [0.3, 0.4) is 0 Å². The largest absolute Gasteiger partial charge is 0.508 e. The Labute approximate surface area is 161 Å². The molecule has 0 aliphatic carbocycles. The first-order valence-corrected chi connectivity index (χ1v) is 8.62. The van der Waals surface area contributed by atoms with Gasteiger partial charge in [-0.2, -0.15) is 0 Å².